The molecule has 110 heavy (non-hydrogen) atoms. The molecule has 0 aromatic heterocycles. The van der Waals surface area contributed by atoms with Crippen molar-refractivity contribution in [1.29, 1.82) is 0 Å². The molecular formula is C91H138O17P2. The van der Waals surface area contributed by atoms with Crippen molar-refractivity contribution >= 4 is 39.5 Å². The van der Waals surface area contributed by atoms with Gasteiger partial charge in [-0.05, 0) is 173 Å². The Morgan fingerprint density at radius 1 is 0.264 bits per heavy atom. The number of rotatable bonds is 72. The molecule has 614 valence electrons. The van der Waals surface area contributed by atoms with Crippen LogP contribution in [0.3, 0.4) is 0 Å². The zero-order valence-corrected chi connectivity index (χ0v) is 68.9. The summed E-state index contributed by atoms with van der Waals surface area (Å²) in [5.41, 5.74) is 0. The summed E-state index contributed by atoms with van der Waals surface area (Å²) in [5, 5.41) is 10.7. The highest BCUT2D eigenvalue weighted by Crippen LogP contribution is 2.45. The van der Waals surface area contributed by atoms with Gasteiger partial charge < -0.3 is 33.8 Å². The minimum absolute atomic E-state index is 0.0164. The molecule has 0 aromatic rings. The number of aliphatic hydroxyl groups excluding tert-OH is 1. The van der Waals surface area contributed by atoms with E-state index in [2.05, 4.69) is 228 Å². The van der Waals surface area contributed by atoms with Crippen LogP contribution in [0.2, 0.25) is 0 Å². The van der Waals surface area contributed by atoms with Gasteiger partial charge >= 0.3 is 39.5 Å². The second-order valence-corrected chi connectivity index (χ2v) is 28.4. The van der Waals surface area contributed by atoms with Crippen LogP contribution in [0.15, 0.2) is 243 Å². The van der Waals surface area contributed by atoms with Crippen molar-refractivity contribution in [3.8, 4) is 0 Å². The lowest BCUT2D eigenvalue weighted by Crippen LogP contribution is -2.30. The summed E-state index contributed by atoms with van der Waals surface area (Å²) in [6, 6.07) is 0. The Morgan fingerprint density at radius 2 is 0.500 bits per heavy atom. The molecule has 19 heteroatoms. The minimum Gasteiger partial charge on any atom is -0.462 e. The molecule has 0 saturated heterocycles. The SMILES string of the molecule is CC/C=C\C/C=C\C/C=C\C/C=C\C/C=C\C/C=C\CCC(=O)OCC(COP(=O)(O)OCC(O)COP(=O)(O)OCC(COC(=O)CCCCC/C=C\C/C=C\C/C=C\C/C=C\C/C=C\CC)OC(=O)C/C=C\C/C=C\C/C=C\C/C=C\C/C=C\CC)OC(=O)CCCCCC/C=C\C/C=C\C/C=C\C/C=C\CC. The van der Waals surface area contributed by atoms with Crippen LogP contribution in [0.25, 0.3) is 0 Å². The lowest BCUT2D eigenvalue weighted by Gasteiger charge is -2.21. The summed E-state index contributed by atoms with van der Waals surface area (Å²) < 4.78 is 68.4. The number of phosphoric ester groups is 2. The average Bonchev–Trinajstić information content (AvgIpc) is 0.906. The fourth-order valence-electron chi connectivity index (χ4n) is 9.40. The summed E-state index contributed by atoms with van der Waals surface area (Å²) in [6.07, 6.45) is 105. The lowest BCUT2D eigenvalue weighted by molar-refractivity contribution is -0.161. The standard InChI is InChI=1S/C91H138O17P2/c1-5-9-13-17-21-25-29-33-37-40-42-45-48-51-55-59-63-67-71-75-88(93)101-81-86(107-90(95)77-73-69-65-61-57-53-47-36-32-28-24-20-16-12-8-4)83-105-109(97,98)103-79-85(92)80-104-110(99,100)106-84-87(108-91(96)78-74-70-66-62-58-54-50-44-39-35-31-27-23-19-15-11-7-3)82-102-89(94)76-72-68-64-60-56-52-49-46-43-41-38-34-30-26-22-18-14-10-6-2/h9-16,21-28,33-39,42-43,45-47,50-52,54-57,61,64,68-69,73,85-87,92H,5-8,17-20,29-32,40-41,44,48-49,53,58-60,62-63,65-67,70-72,74-84H2,1-4H3,(H,97,98)(H,99,100)/b13-9-,14-10-,15-11-,16-12-,25-21-,26-22-,27-23-,28-24-,37-33-,38-34-,39-35-,45-42-,46-43-,47-36-,54-50-,55-51-,56-52-,61-57-,68-64-,73-69-. The fourth-order valence-corrected chi connectivity index (χ4v) is 11.0. The number of esters is 4. The van der Waals surface area contributed by atoms with Crippen molar-refractivity contribution in [3.63, 3.8) is 0 Å². The zero-order chi connectivity index (χ0) is 80.3. The highest BCUT2D eigenvalue weighted by atomic mass is 31.2. The number of aliphatic hydroxyl groups is 1. The molecular weight excluding hydrogens is 1430 g/mol. The first-order chi connectivity index (χ1) is 53.7. The smallest absolute Gasteiger partial charge is 0.462 e. The van der Waals surface area contributed by atoms with Crippen LogP contribution in [0, 0.1) is 0 Å². The summed E-state index contributed by atoms with van der Waals surface area (Å²) in [6.45, 7) is 4.09. The van der Waals surface area contributed by atoms with Crippen LogP contribution in [0.4, 0.5) is 0 Å². The number of hydrogen-bond acceptors (Lipinski definition) is 15. The molecule has 0 heterocycles. The molecule has 0 aromatic carbocycles. The first-order valence-corrected chi connectivity index (χ1v) is 43.3. The number of hydrogen-bond donors (Lipinski definition) is 3. The van der Waals surface area contributed by atoms with Crippen molar-refractivity contribution in [3.05, 3.63) is 243 Å². The molecule has 0 rings (SSSR count). The van der Waals surface area contributed by atoms with E-state index in [1.165, 1.54) is 0 Å². The number of allylic oxidation sites excluding steroid dienone is 39. The summed E-state index contributed by atoms with van der Waals surface area (Å²) in [4.78, 5) is 73.0. The van der Waals surface area contributed by atoms with Gasteiger partial charge in [-0.25, -0.2) is 9.13 Å². The number of carbonyl (C=O) groups excluding carboxylic acids is 4. The Morgan fingerprint density at radius 3 is 0.818 bits per heavy atom. The predicted octanol–water partition coefficient (Wildman–Crippen LogP) is 24.0. The van der Waals surface area contributed by atoms with E-state index in [1.54, 1.807) is 12.2 Å². The highest BCUT2D eigenvalue weighted by molar-refractivity contribution is 7.47. The fraction of sp³-hybridized carbons (Fsp3) is 0.516. The maximum absolute atomic E-state index is 13.1. The molecule has 0 radical (unpaired) electrons. The van der Waals surface area contributed by atoms with Gasteiger partial charge in [0.05, 0.1) is 32.8 Å². The second-order valence-electron chi connectivity index (χ2n) is 25.5. The van der Waals surface area contributed by atoms with E-state index in [9.17, 15) is 43.2 Å². The minimum atomic E-state index is -5.03. The molecule has 17 nitrogen and oxygen atoms in total. The van der Waals surface area contributed by atoms with E-state index < -0.39 is 97.5 Å². The first-order valence-electron chi connectivity index (χ1n) is 40.3. The third kappa shape index (κ3) is 79.0. The van der Waals surface area contributed by atoms with Gasteiger partial charge in [0.1, 0.15) is 19.3 Å². The van der Waals surface area contributed by atoms with Crippen LogP contribution >= 0.6 is 15.6 Å². The van der Waals surface area contributed by atoms with Crippen molar-refractivity contribution < 1.29 is 80.2 Å². The monoisotopic (exact) mass is 1560 g/mol. The Hall–Kier alpha value is -7.14. The predicted molar refractivity (Wildman–Crippen MR) is 454 cm³/mol. The quantitative estimate of drug-likeness (QED) is 0.0169. The molecule has 0 aliphatic heterocycles. The van der Waals surface area contributed by atoms with E-state index in [1.807, 2.05) is 30.4 Å². The van der Waals surface area contributed by atoms with Gasteiger partial charge in [-0.15, -0.1) is 0 Å². The molecule has 0 spiro atoms. The molecule has 3 N–H and O–H groups in total. The number of phosphoric acid groups is 2. The Bertz CT molecular complexity index is 3050. The summed E-state index contributed by atoms with van der Waals surface area (Å²) in [5.74, 6) is -2.52. The summed E-state index contributed by atoms with van der Waals surface area (Å²) >= 11 is 0. The van der Waals surface area contributed by atoms with Gasteiger partial charge in [0.2, 0.25) is 0 Å². The molecule has 0 amide bonds. The maximum Gasteiger partial charge on any atom is 0.472 e. The molecule has 5 unspecified atom stereocenters. The van der Waals surface area contributed by atoms with Gasteiger partial charge in [-0.3, -0.25) is 37.3 Å². The molecule has 0 saturated carbocycles. The highest BCUT2D eigenvalue weighted by Gasteiger charge is 2.30. The molecule has 0 aliphatic carbocycles. The number of unbranched alkanes of at least 4 members (excludes halogenated alkanes) is 7. The average molecular weight is 1570 g/mol. The Kier molecular flexibility index (Phi) is 74.7. The molecule has 0 fully saturated rings. The first kappa shape index (κ1) is 103. The van der Waals surface area contributed by atoms with Gasteiger partial charge in [-0.2, -0.15) is 0 Å². The normalized spacial score (nSPS) is 15.1. The summed E-state index contributed by atoms with van der Waals surface area (Å²) in [7, 11) is -10.1. The Balaban J connectivity index is 5.59. The van der Waals surface area contributed by atoms with E-state index in [-0.39, 0.29) is 25.7 Å². The number of ether oxygens (including phenoxy) is 4. The van der Waals surface area contributed by atoms with Crippen molar-refractivity contribution in [2.75, 3.05) is 39.6 Å². The van der Waals surface area contributed by atoms with Crippen molar-refractivity contribution in [2.45, 2.75) is 264 Å². The zero-order valence-electron chi connectivity index (χ0n) is 67.1. The van der Waals surface area contributed by atoms with E-state index in [0.717, 1.165) is 161 Å². The van der Waals surface area contributed by atoms with E-state index >= 15 is 0 Å². The maximum atomic E-state index is 13.1. The molecule has 0 bridgehead atoms. The Labute approximate surface area is 663 Å². The second kappa shape index (κ2) is 79.9. The van der Waals surface area contributed by atoms with Crippen LogP contribution in [0.1, 0.15) is 246 Å². The van der Waals surface area contributed by atoms with Gasteiger partial charge in [-0.1, -0.05) is 290 Å². The van der Waals surface area contributed by atoms with Crippen LogP contribution in [-0.2, 0) is 65.4 Å². The largest absolute Gasteiger partial charge is 0.472 e. The molecule has 5 atom stereocenters. The third-order valence-corrected chi connectivity index (χ3v) is 17.2. The van der Waals surface area contributed by atoms with E-state index in [0.29, 0.717) is 32.1 Å². The lowest BCUT2D eigenvalue weighted by atomic mass is 10.1. The van der Waals surface area contributed by atoms with Crippen LogP contribution in [-0.4, -0.2) is 96.7 Å². The molecule has 0 aliphatic rings. The topological polar surface area (TPSA) is 237 Å². The number of carbonyl (C=O) groups is 4. The van der Waals surface area contributed by atoms with E-state index in [4.69, 9.17) is 37.0 Å². The van der Waals surface area contributed by atoms with Crippen LogP contribution in [0.5, 0.6) is 0 Å². The van der Waals surface area contributed by atoms with Gasteiger partial charge in [0, 0.05) is 19.3 Å². The van der Waals surface area contributed by atoms with Gasteiger partial charge in [0.15, 0.2) is 12.2 Å². The third-order valence-electron chi connectivity index (χ3n) is 15.3. The van der Waals surface area contributed by atoms with Gasteiger partial charge in [0.25, 0.3) is 0 Å². The van der Waals surface area contributed by atoms with Crippen molar-refractivity contribution in [2.24, 2.45) is 0 Å². The van der Waals surface area contributed by atoms with Crippen LogP contribution < -0.4 is 0 Å². The van der Waals surface area contributed by atoms with Crippen molar-refractivity contribution in [1.82, 2.24) is 0 Å².